The third-order valence-electron chi connectivity index (χ3n) is 2.86. The minimum atomic E-state index is -0.476. The van der Waals surface area contributed by atoms with Crippen LogP contribution >= 0.6 is 0 Å². The van der Waals surface area contributed by atoms with Crippen molar-refractivity contribution in [1.29, 1.82) is 0 Å². The molecule has 2 N–H and O–H groups in total. The zero-order chi connectivity index (χ0) is 14.5. The molecular weight excluding hydrogens is 260 g/mol. The van der Waals surface area contributed by atoms with Crippen molar-refractivity contribution in [1.82, 2.24) is 0 Å². The lowest BCUT2D eigenvalue weighted by atomic mass is 10.1. The van der Waals surface area contributed by atoms with Crippen LogP contribution < -0.4 is 10.5 Å². The molecule has 2 nitrogen and oxygen atoms in total. The number of benzene rings is 2. The van der Waals surface area contributed by atoms with E-state index in [4.69, 9.17) is 10.5 Å². The molecule has 106 valence electrons. The summed E-state index contributed by atoms with van der Waals surface area (Å²) >= 11 is 0. The SMILES string of the molecule is CC(N)Cc1cccc(OCc2cc(F)ccc2F)c1. The average Bonchev–Trinajstić information content (AvgIpc) is 2.39. The highest BCUT2D eigenvalue weighted by Crippen LogP contribution is 2.17. The van der Waals surface area contributed by atoms with Crippen LogP contribution in [0, 0.1) is 11.6 Å². The van der Waals surface area contributed by atoms with Crippen LogP contribution in [0.2, 0.25) is 0 Å². The van der Waals surface area contributed by atoms with Crippen LogP contribution in [0.15, 0.2) is 42.5 Å². The number of rotatable bonds is 5. The molecule has 0 spiro atoms. The lowest BCUT2D eigenvalue weighted by molar-refractivity contribution is 0.298. The third kappa shape index (κ3) is 4.03. The minimum Gasteiger partial charge on any atom is -0.489 e. The number of halogens is 2. The van der Waals surface area contributed by atoms with E-state index in [0.29, 0.717) is 5.75 Å². The third-order valence-corrected chi connectivity index (χ3v) is 2.86. The van der Waals surface area contributed by atoms with Crippen LogP contribution in [-0.4, -0.2) is 6.04 Å². The zero-order valence-corrected chi connectivity index (χ0v) is 11.3. The van der Waals surface area contributed by atoms with E-state index in [1.165, 1.54) is 0 Å². The molecule has 1 atom stereocenters. The molecule has 1 unspecified atom stereocenters. The Hall–Kier alpha value is -1.94. The molecule has 0 fully saturated rings. The standard InChI is InChI=1S/C16H17F2NO/c1-11(19)7-12-3-2-4-15(8-12)20-10-13-9-14(17)5-6-16(13)18/h2-6,8-9,11H,7,10,19H2,1H3. The van der Waals surface area contributed by atoms with Crippen LogP contribution in [0.3, 0.4) is 0 Å². The minimum absolute atomic E-state index is 0.00871. The highest BCUT2D eigenvalue weighted by atomic mass is 19.1. The van der Waals surface area contributed by atoms with Crippen LogP contribution in [0.5, 0.6) is 5.75 Å². The van der Waals surface area contributed by atoms with Gasteiger partial charge in [0.15, 0.2) is 0 Å². The first kappa shape index (κ1) is 14.5. The van der Waals surface area contributed by atoms with Crippen molar-refractivity contribution in [3.05, 3.63) is 65.2 Å². The highest BCUT2D eigenvalue weighted by molar-refractivity contribution is 5.29. The molecule has 0 heterocycles. The molecule has 2 aromatic rings. The molecule has 0 aromatic heterocycles. The van der Waals surface area contributed by atoms with E-state index in [1.807, 2.05) is 25.1 Å². The van der Waals surface area contributed by atoms with E-state index in [9.17, 15) is 8.78 Å². The fourth-order valence-electron chi connectivity index (χ4n) is 1.95. The number of nitrogens with two attached hydrogens (primary N) is 1. The molecular formula is C16H17F2NO. The Labute approximate surface area is 117 Å². The first-order chi connectivity index (χ1) is 9.54. The maximum absolute atomic E-state index is 13.5. The van der Waals surface area contributed by atoms with Gasteiger partial charge in [-0.15, -0.1) is 0 Å². The van der Waals surface area contributed by atoms with Gasteiger partial charge in [0.25, 0.3) is 0 Å². The van der Waals surface area contributed by atoms with Crippen molar-refractivity contribution in [2.75, 3.05) is 0 Å². The summed E-state index contributed by atoms with van der Waals surface area (Å²) in [7, 11) is 0. The first-order valence-electron chi connectivity index (χ1n) is 6.46. The van der Waals surface area contributed by atoms with E-state index >= 15 is 0 Å². The van der Waals surface area contributed by atoms with Crippen molar-refractivity contribution in [3.63, 3.8) is 0 Å². The van der Waals surface area contributed by atoms with Crippen molar-refractivity contribution in [2.24, 2.45) is 5.73 Å². The molecule has 0 aliphatic rings. The van der Waals surface area contributed by atoms with Crippen molar-refractivity contribution < 1.29 is 13.5 Å². The first-order valence-corrected chi connectivity index (χ1v) is 6.46. The molecule has 0 amide bonds. The van der Waals surface area contributed by atoms with E-state index in [0.717, 1.165) is 30.2 Å². The van der Waals surface area contributed by atoms with Gasteiger partial charge in [-0.1, -0.05) is 12.1 Å². The molecule has 20 heavy (non-hydrogen) atoms. The predicted molar refractivity (Wildman–Crippen MR) is 74.5 cm³/mol. The quantitative estimate of drug-likeness (QED) is 0.908. The molecule has 2 aromatic carbocycles. The summed E-state index contributed by atoms with van der Waals surface area (Å²) in [5.41, 5.74) is 6.99. The summed E-state index contributed by atoms with van der Waals surface area (Å²) in [5, 5.41) is 0. The maximum atomic E-state index is 13.5. The molecule has 0 aliphatic heterocycles. The second-order valence-corrected chi connectivity index (χ2v) is 4.85. The van der Waals surface area contributed by atoms with E-state index in [-0.39, 0.29) is 18.2 Å². The Balaban J connectivity index is 2.05. The smallest absolute Gasteiger partial charge is 0.130 e. The zero-order valence-electron chi connectivity index (χ0n) is 11.3. The number of ether oxygens (including phenoxy) is 1. The Bertz CT molecular complexity index is 584. The molecule has 4 heteroatoms. The Morgan fingerprint density at radius 2 is 1.95 bits per heavy atom. The topological polar surface area (TPSA) is 35.2 Å². The van der Waals surface area contributed by atoms with Crippen molar-refractivity contribution in [2.45, 2.75) is 26.0 Å². The summed E-state index contributed by atoms with van der Waals surface area (Å²) < 4.78 is 32.0. The fraction of sp³-hybridized carbons (Fsp3) is 0.250. The van der Waals surface area contributed by atoms with Gasteiger partial charge in [0.1, 0.15) is 24.0 Å². The van der Waals surface area contributed by atoms with Gasteiger partial charge in [-0.3, -0.25) is 0 Å². The average molecular weight is 277 g/mol. The predicted octanol–water partition coefficient (Wildman–Crippen LogP) is 3.43. The van der Waals surface area contributed by atoms with Gasteiger partial charge >= 0.3 is 0 Å². The van der Waals surface area contributed by atoms with Crippen LogP contribution in [0.1, 0.15) is 18.1 Å². The van der Waals surface area contributed by atoms with E-state index < -0.39 is 11.6 Å². The van der Waals surface area contributed by atoms with E-state index in [2.05, 4.69) is 0 Å². The molecule has 2 rings (SSSR count). The molecule has 0 aliphatic carbocycles. The fourth-order valence-corrected chi connectivity index (χ4v) is 1.95. The highest BCUT2D eigenvalue weighted by Gasteiger charge is 2.05. The molecule has 0 radical (unpaired) electrons. The second-order valence-electron chi connectivity index (χ2n) is 4.85. The lowest BCUT2D eigenvalue weighted by Crippen LogP contribution is -2.17. The lowest BCUT2D eigenvalue weighted by Gasteiger charge is -2.10. The van der Waals surface area contributed by atoms with Crippen molar-refractivity contribution in [3.8, 4) is 5.75 Å². The van der Waals surface area contributed by atoms with Gasteiger partial charge in [-0.25, -0.2) is 8.78 Å². The molecule has 0 saturated carbocycles. The van der Waals surface area contributed by atoms with Crippen LogP contribution in [0.25, 0.3) is 0 Å². The van der Waals surface area contributed by atoms with Gasteiger partial charge in [0, 0.05) is 11.6 Å². The maximum Gasteiger partial charge on any atom is 0.130 e. The summed E-state index contributed by atoms with van der Waals surface area (Å²) in [6, 6.07) is 10.8. The van der Waals surface area contributed by atoms with Gasteiger partial charge in [0.2, 0.25) is 0 Å². The van der Waals surface area contributed by atoms with Gasteiger partial charge in [-0.05, 0) is 49.2 Å². The number of hydrogen-bond donors (Lipinski definition) is 1. The number of hydrogen-bond acceptors (Lipinski definition) is 2. The van der Waals surface area contributed by atoms with Gasteiger partial charge < -0.3 is 10.5 Å². The van der Waals surface area contributed by atoms with Crippen molar-refractivity contribution >= 4 is 0 Å². The Morgan fingerprint density at radius 3 is 2.70 bits per heavy atom. The Morgan fingerprint density at radius 1 is 1.15 bits per heavy atom. The molecule has 0 bridgehead atoms. The summed E-state index contributed by atoms with van der Waals surface area (Å²) in [6.45, 7) is 1.92. The van der Waals surface area contributed by atoms with Crippen LogP contribution in [0.4, 0.5) is 8.78 Å². The summed E-state index contributed by atoms with van der Waals surface area (Å²) in [5.74, 6) is -0.333. The van der Waals surface area contributed by atoms with Gasteiger partial charge in [0.05, 0.1) is 0 Å². The molecule has 0 saturated heterocycles. The second kappa shape index (κ2) is 6.48. The van der Waals surface area contributed by atoms with E-state index in [1.54, 1.807) is 6.07 Å². The summed E-state index contributed by atoms with van der Waals surface area (Å²) in [6.07, 6.45) is 0.742. The normalized spacial score (nSPS) is 12.2. The summed E-state index contributed by atoms with van der Waals surface area (Å²) in [4.78, 5) is 0. The monoisotopic (exact) mass is 277 g/mol. The van der Waals surface area contributed by atoms with Crippen LogP contribution in [-0.2, 0) is 13.0 Å². The van der Waals surface area contributed by atoms with Gasteiger partial charge in [-0.2, -0.15) is 0 Å². The Kier molecular flexibility index (Phi) is 4.69. The largest absolute Gasteiger partial charge is 0.489 e.